The zero-order valence-corrected chi connectivity index (χ0v) is 8.24. The van der Waals surface area contributed by atoms with Crippen molar-refractivity contribution in [2.75, 3.05) is 0 Å². The molecule has 2 heteroatoms. The summed E-state index contributed by atoms with van der Waals surface area (Å²) in [6.45, 7) is 2.13. The maximum absolute atomic E-state index is 5.82. The Balaban J connectivity index is 2.20. The maximum Gasteiger partial charge on any atom is 0.0403 e. The molecule has 0 bridgehead atoms. The van der Waals surface area contributed by atoms with Gasteiger partial charge in [-0.3, -0.25) is 4.98 Å². The summed E-state index contributed by atoms with van der Waals surface area (Å²) in [6.07, 6.45) is 6.21. The Hall–Kier alpha value is -0.890. The number of nitrogens with two attached hydrogens (primary N) is 1. The van der Waals surface area contributed by atoms with Crippen LogP contribution < -0.4 is 5.73 Å². The molecule has 2 N–H and O–H groups in total. The first-order valence-corrected chi connectivity index (χ1v) is 4.98. The number of hydrogen-bond donors (Lipinski definition) is 1. The van der Waals surface area contributed by atoms with Crippen molar-refractivity contribution in [1.82, 2.24) is 4.98 Å². The minimum atomic E-state index is 0.365. The van der Waals surface area contributed by atoms with Crippen molar-refractivity contribution in [3.05, 3.63) is 30.1 Å². The summed E-state index contributed by atoms with van der Waals surface area (Å²) in [5, 5.41) is 0. The second kappa shape index (κ2) is 5.70. The third-order valence-corrected chi connectivity index (χ3v) is 2.26. The lowest BCUT2D eigenvalue weighted by Gasteiger charge is -2.07. The molecule has 0 aliphatic rings. The highest BCUT2D eigenvalue weighted by Crippen LogP contribution is 2.04. The van der Waals surface area contributed by atoms with E-state index in [0.717, 1.165) is 25.7 Å². The standard InChI is InChI=1S/C11H18N2/c1-2-10(12)6-5-8-11-7-3-4-9-13-11/h3-4,7,9-10H,2,5-6,8,12H2,1H3. The molecule has 0 saturated carbocycles. The molecule has 0 spiro atoms. The predicted octanol–water partition coefficient (Wildman–Crippen LogP) is 2.14. The number of rotatable bonds is 5. The summed E-state index contributed by atoms with van der Waals surface area (Å²) >= 11 is 0. The van der Waals surface area contributed by atoms with Crippen LogP contribution in [0.1, 0.15) is 31.9 Å². The second-order valence-corrected chi connectivity index (χ2v) is 3.38. The van der Waals surface area contributed by atoms with Crippen LogP contribution in [0.4, 0.5) is 0 Å². The average molecular weight is 178 g/mol. The van der Waals surface area contributed by atoms with Gasteiger partial charge in [0.15, 0.2) is 0 Å². The Morgan fingerprint density at radius 2 is 2.31 bits per heavy atom. The average Bonchev–Trinajstić information content (AvgIpc) is 2.19. The monoisotopic (exact) mass is 178 g/mol. The highest BCUT2D eigenvalue weighted by Gasteiger charge is 1.99. The Labute approximate surface area is 80.2 Å². The van der Waals surface area contributed by atoms with Crippen molar-refractivity contribution in [2.45, 2.75) is 38.6 Å². The third kappa shape index (κ3) is 4.04. The van der Waals surface area contributed by atoms with Crippen LogP contribution in [0.15, 0.2) is 24.4 Å². The van der Waals surface area contributed by atoms with Gasteiger partial charge >= 0.3 is 0 Å². The van der Waals surface area contributed by atoms with Crippen LogP contribution in [-0.2, 0) is 6.42 Å². The van der Waals surface area contributed by atoms with E-state index in [9.17, 15) is 0 Å². The lowest BCUT2D eigenvalue weighted by molar-refractivity contribution is 0.565. The van der Waals surface area contributed by atoms with E-state index < -0.39 is 0 Å². The molecule has 1 aromatic heterocycles. The molecule has 0 fully saturated rings. The van der Waals surface area contributed by atoms with E-state index in [1.165, 1.54) is 5.69 Å². The van der Waals surface area contributed by atoms with Crippen molar-refractivity contribution < 1.29 is 0 Å². The van der Waals surface area contributed by atoms with Gasteiger partial charge in [0.2, 0.25) is 0 Å². The van der Waals surface area contributed by atoms with Gasteiger partial charge in [-0.15, -0.1) is 0 Å². The molecule has 2 nitrogen and oxygen atoms in total. The summed E-state index contributed by atoms with van der Waals surface area (Å²) in [7, 11) is 0. The molecule has 0 aromatic carbocycles. The van der Waals surface area contributed by atoms with Crippen molar-refractivity contribution in [1.29, 1.82) is 0 Å². The topological polar surface area (TPSA) is 38.9 Å². The minimum Gasteiger partial charge on any atom is -0.328 e. The van der Waals surface area contributed by atoms with Crippen molar-refractivity contribution in [2.24, 2.45) is 5.73 Å². The van der Waals surface area contributed by atoms with Crippen LogP contribution in [0.25, 0.3) is 0 Å². The van der Waals surface area contributed by atoms with Gasteiger partial charge in [0.1, 0.15) is 0 Å². The smallest absolute Gasteiger partial charge is 0.0403 e. The van der Waals surface area contributed by atoms with Crippen LogP contribution in [0, 0.1) is 0 Å². The lowest BCUT2D eigenvalue weighted by Crippen LogP contribution is -2.18. The Morgan fingerprint density at radius 3 is 2.92 bits per heavy atom. The molecule has 0 saturated heterocycles. The van der Waals surface area contributed by atoms with Gasteiger partial charge in [-0.2, -0.15) is 0 Å². The van der Waals surface area contributed by atoms with Gasteiger partial charge in [0.05, 0.1) is 0 Å². The van der Waals surface area contributed by atoms with Crippen LogP contribution in [0.5, 0.6) is 0 Å². The van der Waals surface area contributed by atoms with Gasteiger partial charge < -0.3 is 5.73 Å². The maximum atomic E-state index is 5.82. The largest absolute Gasteiger partial charge is 0.328 e. The Morgan fingerprint density at radius 1 is 1.46 bits per heavy atom. The Kier molecular flexibility index (Phi) is 4.47. The normalized spacial score (nSPS) is 12.8. The van der Waals surface area contributed by atoms with Gasteiger partial charge in [0.25, 0.3) is 0 Å². The van der Waals surface area contributed by atoms with E-state index in [-0.39, 0.29) is 0 Å². The fourth-order valence-corrected chi connectivity index (χ4v) is 1.30. The van der Waals surface area contributed by atoms with Gasteiger partial charge in [-0.05, 0) is 37.8 Å². The van der Waals surface area contributed by atoms with Crippen molar-refractivity contribution in [3.63, 3.8) is 0 Å². The highest BCUT2D eigenvalue weighted by atomic mass is 14.7. The number of aryl methyl sites for hydroxylation is 1. The lowest BCUT2D eigenvalue weighted by atomic mass is 10.1. The van der Waals surface area contributed by atoms with E-state index in [0.29, 0.717) is 6.04 Å². The molecule has 1 atom stereocenters. The van der Waals surface area contributed by atoms with Crippen LogP contribution >= 0.6 is 0 Å². The fraction of sp³-hybridized carbons (Fsp3) is 0.545. The van der Waals surface area contributed by atoms with Gasteiger partial charge in [-0.1, -0.05) is 13.0 Å². The molecule has 72 valence electrons. The molecule has 0 amide bonds. The predicted molar refractivity (Wildman–Crippen MR) is 55.4 cm³/mol. The van der Waals surface area contributed by atoms with E-state index in [2.05, 4.69) is 18.0 Å². The zero-order chi connectivity index (χ0) is 9.52. The molecule has 0 radical (unpaired) electrons. The molecule has 1 aromatic rings. The summed E-state index contributed by atoms with van der Waals surface area (Å²) in [4.78, 5) is 4.26. The molecular formula is C11H18N2. The first kappa shape index (κ1) is 10.2. The molecule has 0 aliphatic heterocycles. The van der Waals surface area contributed by atoms with Gasteiger partial charge in [0, 0.05) is 17.9 Å². The van der Waals surface area contributed by atoms with E-state index in [4.69, 9.17) is 5.73 Å². The summed E-state index contributed by atoms with van der Waals surface area (Å²) in [5.74, 6) is 0. The SMILES string of the molecule is CCC(N)CCCc1ccccn1. The third-order valence-electron chi connectivity index (χ3n) is 2.26. The minimum absolute atomic E-state index is 0.365. The summed E-state index contributed by atoms with van der Waals surface area (Å²) < 4.78 is 0. The van der Waals surface area contributed by atoms with Crippen molar-refractivity contribution in [3.8, 4) is 0 Å². The fourth-order valence-electron chi connectivity index (χ4n) is 1.30. The molecule has 1 rings (SSSR count). The number of hydrogen-bond acceptors (Lipinski definition) is 2. The van der Waals surface area contributed by atoms with Crippen LogP contribution in [0.3, 0.4) is 0 Å². The molecule has 0 aliphatic carbocycles. The first-order valence-electron chi connectivity index (χ1n) is 4.98. The van der Waals surface area contributed by atoms with Crippen LogP contribution in [0.2, 0.25) is 0 Å². The van der Waals surface area contributed by atoms with E-state index in [1.807, 2.05) is 18.3 Å². The zero-order valence-electron chi connectivity index (χ0n) is 8.24. The van der Waals surface area contributed by atoms with E-state index >= 15 is 0 Å². The van der Waals surface area contributed by atoms with Crippen LogP contribution in [-0.4, -0.2) is 11.0 Å². The molecule has 13 heavy (non-hydrogen) atoms. The molecule has 1 unspecified atom stereocenters. The summed E-state index contributed by atoms with van der Waals surface area (Å²) in [6, 6.07) is 6.41. The van der Waals surface area contributed by atoms with E-state index in [1.54, 1.807) is 0 Å². The quantitative estimate of drug-likeness (QED) is 0.750. The van der Waals surface area contributed by atoms with Crippen molar-refractivity contribution >= 4 is 0 Å². The first-order chi connectivity index (χ1) is 6.33. The molecular weight excluding hydrogens is 160 g/mol. The number of nitrogens with zero attached hydrogens (tertiary/aromatic N) is 1. The number of pyridine rings is 1. The Bertz CT molecular complexity index is 221. The summed E-state index contributed by atoms with van der Waals surface area (Å²) in [5.41, 5.74) is 6.99. The second-order valence-electron chi connectivity index (χ2n) is 3.38. The van der Waals surface area contributed by atoms with Gasteiger partial charge in [-0.25, -0.2) is 0 Å². The number of aromatic nitrogens is 1. The molecule has 1 heterocycles. The highest BCUT2D eigenvalue weighted by molar-refractivity contribution is 5.03.